The molecule has 0 aromatic carbocycles. The predicted molar refractivity (Wildman–Crippen MR) is 69.6 cm³/mol. The van der Waals surface area contributed by atoms with Gasteiger partial charge in [0, 0.05) is 12.7 Å². The molecule has 1 aromatic rings. The van der Waals surface area contributed by atoms with Gasteiger partial charge in [0.1, 0.15) is 6.33 Å². The van der Waals surface area contributed by atoms with E-state index >= 15 is 0 Å². The van der Waals surface area contributed by atoms with E-state index in [1.807, 2.05) is 6.07 Å². The van der Waals surface area contributed by atoms with E-state index < -0.39 is 0 Å². The third kappa shape index (κ3) is 4.77. The van der Waals surface area contributed by atoms with Crippen molar-refractivity contribution in [2.75, 3.05) is 40.8 Å². The van der Waals surface area contributed by atoms with Crippen LogP contribution in [-0.4, -0.2) is 60.5 Å². The molecular formula is C12H23N5. The molecule has 1 aromatic heterocycles. The van der Waals surface area contributed by atoms with E-state index in [0.717, 1.165) is 25.2 Å². The minimum absolute atomic E-state index is 0.181. The smallest absolute Gasteiger partial charge is 0.115 e. The highest BCUT2D eigenvalue weighted by Crippen LogP contribution is 2.14. The summed E-state index contributed by atoms with van der Waals surface area (Å²) in [4.78, 5) is 12.6. The molecule has 2 N–H and O–H groups in total. The van der Waals surface area contributed by atoms with E-state index in [-0.39, 0.29) is 6.04 Å². The van der Waals surface area contributed by atoms with Crippen LogP contribution >= 0.6 is 0 Å². The van der Waals surface area contributed by atoms with Crippen molar-refractivity contribution < 1.29 is 0 Å². The quantitative estimate of drug-likeness (QED) is 0.742. The van der Waals surface area contributed by atoms with E-state index in [1.54, 1.807) is 12.5 Å². The average Bonchev–Trinajstić information content (AvgIpc) is 2.31. The van der Waals surface area contributed by atoms with E-state index in [9.17, 15) is 0 Å². The van der Waals surface area contributed by atoms with Gasteiger partial charge in [0.25, 0.3) is 0 Å². The van der Waals surface area contributed by atoms with Crippen LogP contribution in [0.3, 0.4) is 0 Å². The van der Waals surface area contributed by atoms with Crippen LogP contribution in [0.25, 0.3) is 0 Å². The highest BCUT2D eigenvalue weighted by atomic mass is 15.2. The lowest BCUT2D eigenvalue weighted by Gasteiger charge is -2.26. The molecule has 0 radical (unpaired) electrons. The van der Waals surface area contributed by atoms with Crippen LogP contribution in [0.5, 0.6) is 0 Å². The van der Waals surface area contributed by atoms with Gasteiger partial charge < -0.3 is 10.6 Å². The lowest BCUT2D eigenvalue weighted by atomic mass is 10.1. The summed E-state index contributed by atoms with van der Waals surface area (Å²) < 4.78 is 0. The second-order valence-corrected chi connectivity index (χ2v) is 4.52. The predicted octanol–water partition coefficient (Wildman–Crippen LogP) is 0.360. The third-order valence-corrected chi connectivity index (χ3v) is 2.82. The average molecular weight is 237 g/mol. The SMILES string of the molecule is CN(C)CCCN(C)C(CN)c1ccncn1. The minimum atomic E-state index is 0.181. The molecule has 0 bridgehead atoms. The second kappa shape index (κ2) is 7.32. The van der Waals surface area contributed by atoms with Crippen LogP contribution in [0.15, 0.2) is 18.6 Å². The summed E-state index contributed by atoms with van der Waals surface area (Å²) in [5.41, 5.74) is 6.82. The first-order chi connectivity index (χ1) is 8.15. The van der Waals surface area contributed by atoms with Gasteiger partial charge in [-0.1, -0.05) is 0 Å². The fourth-order valence-electron chi connectivity index (χ4n) is 1.82. The Hall–Kier alpha value is -1.04. The molecule has 1 unspecified atom stereocenters. The largest absolute Gasteiger partial charge is 0.329 e. The van der Waals surface area contributed by atoms with Crippen LogP contribution in [0.4, 0.5) is 0 Å². The zero-order chi connectivity index (χ0) is 12.7. The molecule has 5 heteroatoms. The summed E-state index contributed by atoms with van der Waals surface area (Å²) in [6, 6.07) is 2.11. The standard InChI is InChI=1S/C12H23N5/c1-16(2)7-4-8-17(3)12(9-13)11-5-6-14-10-15-11/h5-6,10,12H,4,7-9,13H2,1-3H3. The van der Waals surface area contributed by atoms with Gasteiger partial charge in [-0.15, -0.1) is 0 Å². The van der Waals surface area contributed by atoms with E-state index in [0.29, 0.717) is 6.54 Å². The normalized spacial score (nSPS) is 13.3. The zero-order valence-corrected chi connectivity index (χ0v) is 11.0. The first-order valence-electron chi connectivity index (χ1n) is 5.96. The summed E-state index contributed by atoms with van der Waals surface area (Å²) in [6.07, 6.45) is 4.47. The Morgan fingerprint density at radius 2 is 2.06 bits per heavy atom. The van der Waals surface area contributed by atoms with Gasteiger partial charge >= 0.3 is 0 Å². The van der Waals surface area contributed by atoms with Crippen molar-refractivity contribution in [2.24, 2.45) is 5.73 Å². The van der Waals surface area contributed by atoms with Crippen molar-refractivity contribution in [2.45, 2.75) is 12.5 Å². The summed E-state index contributed by atoms with van der Waals surface area (Å²) in [7, 11) is 6.27. The van der Waals surface area contributed by atoms with Gasteiger partial charge in [0.2, 0.25) is 0 Å². The third-order valence-electron chi connectivity index (χ3n) is 2.82. The molecule has 0 aliphatic heterocycles. The molecule has 17 heavy (non-hydrogen) atoms. The molecule has 0 amide bonds. The first-order valence-corrected chi connectivity index (χ1v) is 5.96. The van der Waals surface area contributed by atoms with Gasteiger partial charge in [0.05, 0.1) is 11.7 Å². The maximum Gasteiger partial charge on any atom is 0.115 e. The summed E-state index contributed by atoms with van der Waals surface area (Å²) in [6.45, 7) is 2.69. The van der Waals surface area contributed by atoms with Gasteiger partial charge in [-0.2, -0.15) is 0 Å². The van der Waals surface area contributed by atoms with Gasteiger partial charge in [-0.25, -0.2) is 9.97 Å². The number of hydrogen-bond donors (Lipinski definition) is 1. The number of aromatic nitrogens is 2. The lowest BCUT2D eigenvalue weighted by Crippen LogP contribution is -2.33. The maximum absolute atomic E-state index is 5.82. The fraction of sp³-hybridized carbons (Fsp3) is 0.667. The number of hydrogen-bond acceptors (Lipinski definition) is 5. The Morgan fingerprint density at radius 3 is 2.59 bits per heavy atom. The molecule has 0 saturated heterocycles. The van der Waals surface area contributed by atoms with Crippen molar-refractivity contribution in [1.29, 1.82) is 0 Å². The summed E-state index contributed by atoms with van der Waals surface area (Å²) in [5, 5.41) is 0. The van der Waals surface area contributed by atoms with Crippen molar-refractivity contribution in [1.82, 2.24) is 19.8 Å². The molecule has 1 rings (SSSR count). The topological polar surface area (TPSA) is 58.3 Å². The number of nitrogens with zero attached hydrogens (tertiary/aromatic N) is 4. The highest BCUT2D eigenvalue weighted by Gasteiger charge is 2.15. The first kappa shape index (κ1) is 14.0. The highest BCUT2D eigenvalue weighted by molar-refractivity contribution is 5.05. The van der Waals surface area contributed by atoms with Crippen LogP contribution in [-0.2, 0) is 0 Å². The van der Waals surface area contributed by atoms with E-state index in [2.05, 4.69) is 40.9 Å². The fourth-order valence-corrected chi connectivity index (χ4v) is 1.82. The van der Waals surface area contributed by atoms with Crippen molar-refractivity contribution in [3.05, 3.63) is 24.3 Å². The molecule has 0 aliphatic rings. The molecule has 0 aliphatic carbocycles. The zero-order valence-electron chi connectivity index (χ0n) is 11.0. The molecule has 0 fully saturated rings. The number of rotatable bonds is 7. The number of likely N-dealkylation sites (N-methyl/N-ethyl adjacent to an activating group) is 1. The van der Waals surface area contributed by atoms with Crippen LogP contribution in [0, 0.1) is 0 Å². The van der Waals surface area contributed by atoms with Crippen molar-refractivity contribution >= 4 is 0 Å². The Kier molecular flexibility index (Phi) is 6.04. The maximum atomic E-state index is 5.82. The van der Waals surface area contributed by atoms with Crippen LogP contribution < -0.4 is 5.73 Å². The van der Waals surface area contributed by atoms with Crippen LogP contribution in [0.1, 0.15) is 18.2 Å². The van der Waals surface area contributed by atoms with Gasteiger partial charge in [-0.3, -0.25) is 4.90 Å². The Bertz CT molecular complexity index is 301. The van der Waals surface area contributed by atoms with E-state index in [1.165, 1.54) is 0 Å². The van der Waals surface area contributed by atoms with E-state index in [4.69, 9.17) is 5.73 Å². The number of nitrogens with two attached hydrogens (primary N) is 1. The molecular weight excluding hydrogens is 214 g/mol. The minimum Gasteiger partial charge on any atom is -0.329 e. The van der Waals surface area contributed by atoms with Crippen LogP contribution in [0.2, 0.25) is 0 Å². The second-order valence-electron chi connectivity index (χ2n) is 4.52. The molecule has 0 spiro atoms. The molecule has 5 nitrogen and oxygen atoms in total. The molecule has 1 atom stereocenters. The van der Waals surface area contributed by atoms with Gasteiger partial charge in [-0.05, 0) is 46.7 Å². The summed E-state index contributed by atoms with van der Waals surface area (Å²) >= 11 is 0. The van der Waals surface area contributed by atoms with Crippen molar-refractivity contribution in [3.8, 4) is 0 Å². The Balaban J connectivity index is 2.50. The molecule has 0 saturated carbocycles. The van der Waals surface area contributed by atoms with Crippen molar-refractivity contribution in [3.63, 3.8) is 0 Å². The molecule has 1 heterocycles. The Labute approximate surface area is 104 Å². The lowest BCUT2D eigenvalue weighted by molar-refractivity contribution is 0.231. The monoisotopic (exact) mass is 237 g/mol. The van der Waals surface area contributed by atoms with Gasteiger partial charge in [0.15, 0.2) is 0 Å². The summed E-state index contributed by atoms with van der Waals surface area (Å²) in [5.74, 6) is 0. The molecule has 96 valence electrons. The Morgan fingerprint density at radius 1 is 1.29 bits per heavy atom.